The van der Waals surface area contributed by atoms with Crippen LogP contribution in [0.4, 0.5) is 0 Å². The van der Waals surface area contributed by atoms with E-state index in [2.05, 4.69) is 30.6 Å². The van der Waals surface area contributed by atoms with E-state index in [-0.39, 0.29) is 5.78 Å². The molecule has 0 aliphatic rings. The van der Waals surface area contributed by atoms with Gasteiger partial charge in [0.05, 0.1) is 0 Å². The summed E-state index contributed by atoms with van der Waals surface area (Å²) in [5.74, 6) is 0.182. The first kappa shape index (κ1) is 17.1. The summed E-state index contributed by atoms with van der Waals surface area (Å²) in [5, 5.41) is 0. The van der Waals surface area contributed by atoms with E-state index in [1.165, 1.54) is 33.3 Å². The van der Waals surface area contributed by atoms with Gasteiger partial charge in [-0.3, -0.25) is 0 Å². The fourth-order valence-corrected chi connectivity index (χ4v) is 12.4. The second-order valence-electron chi connectivity index (χ2n) is 4.82. The summed E-state index contributed by atoms with van der Waals surface area (Å²) in [7, 11) is 0. The Hall–Kier alpha value is 0.0801. The van der Waals surface area contributed by atoms with Crippen molar-refractivity contribution in [1.82, 2.24) is 2.89 Å². The van der Waals surface area contributed by atoms with E-state index in [1.54, 1.807) is 6.92 Å². The fourth-order valence-electron chi connectivity index (χ4n) is 2.39. The van der Waals surface area contributed by atoms with E-state index in [4.69, 9.17) is 0 Å². The first-order valence-electron chi connectivity index (χ1n) is 7.02. The molecule has 0 heterocycles. The maximum absolute atomic E-state index is 11.2. The monoisotopic (exact) mass is 341 g/mol. The molecule has 0 amide bonds. The molecule has 2 nitrogen and oxygen atoms in total. The molecule has 0 spiro atoms. The normalized spacial score (nSPS) is 11.5. The summed E-state index contributed by atoms with van der Waals surface area (Å²) >= 11 is -1.62. The van der Waals surface area contributed by atoms with Crippen molar-refractivity contribution in [3.63, 3.8) is 0 Å². The van der Waals surface area contributed by atoms with Gasteiger partial charge in [0.25, 0.3) is 0 Å². The first-order valence-corrected chi connectivity index (χ1v) is 13.2. The van der Waals surface area contributed by atoms with Crippen LogP contribution >= 0.6 is 0 Å². The van der Waals surface area contributed by atoms with Crippen molar-refractivity contribution in [3.05, 3.63) is 11.8 Å². The third-order valence-electron chi connectivity index (χ3n) is 3.01. The number of hydrogen-bond donors (Lipinski definition) is 0. The molecule has 0 aliphatic heterocycles. The second kappa shape index (κ2) is 10.0. The van der Waals surface area contributed by atoms with Crippen molar-refractivity contribution in [2.75, 3.05) is 6.54 Å². The molecule has 0 unspecified atom stereocenters. The quantitative estimate of drug-likeness (QED) is 0.591. The van der Waals surface area contributed by atoms with Crippen molar-refractivity contribution in [2.45, 2.75) is 62.2 Å². The average molecular weight is 341 g/mol. The van der Waals surface area contributed by atoms with Gasteiger partial charge in [-0.2, -0.15) is 0 Å². The molecule has 0 atom stereocenters. The van der Waals surface area contributed by atoms with Crippen molar-refractivity contribution >= 4 is 27.5 Å². The van der Waals surface area contributed by atoms with Gasteiger partial charge in [-0.1, -0.05) is 0 Å². The molecular formula is C14H28InNO. The van der Waals surface area contributed by atoms with Crippen molar-refractivity contribution < 1.29 is 4.79 Å². The maximum atomic E-state index is 11.2. The molecule has 17 heavy (non-hydrogen) atoms. The van der Waals surface area contributed by atoms with Crippen LogP contribution in [0.3, 0.4) is 0 Å². The predicted octanol–water partition coefficient (Wildman–Crippen LogP) is 4.00. The number of nitrogens with zero attached hydrogens (tertiary/aromatic N) is 1. The first-order chi connectivity index (χ1) is 8.06. The predicted molar refractivity (Wildman–Crippen MR) is 77.4 cm³/mol. The Morgan fingerprint density at radius 2 is 1.59 bits per heavy atom. The molecule has 0 saturated carbocycles. The molecule has 0 N–H and O–H groups in total. The number of carbonyl (C=O) groups excluding carboxylic acids is 1. The van der Waals surface area contributed by atoms with Gasteiger partial charge in [0, 0.05) is 0 Å². The van der Waals surface area contributed by atoms with Crippen LogP contribution in [0.25, 0.3) is 0 Å². The molecular weight excluding hydrogens is 313 g/mol. The van der Waals surface area contributed by atoms with Crippen LogP contribution in [0, 0.1) is 0 Å². The summed E-state index contributed by atoms with van der Waals surface area (Å²) in [6.07, 6.45) is 5.61. The zero-order chi connectivity index (χ0) is 13.3. The van der Waals surface area contributed by atoms with Crippen LogP contribution in [-0.4, -0.2) is 36.9 Å². The Morgan fingerprint density at radius 3 is 1.94 bits per heavy atom. The molecule has 0 rings (SSSR count). The van der Waals surface area contributed by atoms with Gasteiger partial charge in [0.1, 0.15) is 0 Å². The van der Waals surface area contributed by atoms with Gasteiger partial charge in [-0.15, -0.1) is 0 Å². The number of ketones is 1. The van der Waals surface area contributed by atoms with Crippen LogP contribution in [0.2, 0.25) is 8.35 Å². The molecule has 0 bridgehead atoms. The molecule has 98 valence electrons. The zero-order valence-corrected chi connectivity index (χ0v) is 15.5. The number of allylic oxidation sites excluding steroid dienone is 2. The second-order valence-corrected chi connectivity index (χ2v) is 13.6. The molecule has 0 aromatic carbocycles. The van der Waals surface area contributed by atoms with E-state index < -0.39 is 21.7 Å². The molecule has 0 aromatic heterocycles. The van der Waals surface area contributed by atoms with E-state index in [0.29, 0.717) is 0 Å². The van der Waals surface area contributed by atoms with Crippen molar-refractivity contribution in [1.29, 1.82) is 0 Å². The Bertz CT molecular complexity index is 245. The molecule has 0 radical (unpaired) electrons. The summed E-state index contributed by atoms with van der Waals surface area (Å²) < 4.78 is 5.49. The van der Waals surface area contributed by atoms with Crippen LogP contribution < -0.4 is 0 Å². The van der Waals surface area contributed by atoms with E-state index >= 15 is 0 Å². The Balaban J connectivity index is 4.81. The molecule has 3 heteroatoms. The minimum absolute atomic E-state index is 0.182. The van der Waals surface area contributed by atoms with E-state index in [1.807, 2.05) is 6.08 Å². The SMILES string of the molecule is CCC[N](/C(C)=C\C(C)=O)[In]([CH2]CC)[CH2]CC. The van der Waals surface area contributed by atoms with E-state index in [9.17, 15) is 4.79 Å². The third kappa shape index (κ3) is 7.17. The van der Waals surface area contributed by atoms with Crippen LogP contribution in [0.5, 0.6) is 0 Å². The molecule has 0 aliphatic carbocycles. The average Bonchev–Trinajstić information content (AvgIpc) is 2.24. The standard InChI is InChI=1S/C8H15NO.2C3H7.In/c1-4-5-9-7(2)6-8(3)10;2*1-3-2;/h6H,4-5H2,1-3H3,(H,9,10);2*1,3H2,2H3;/q;;;+1/p-1. The van der Waals surface area contributed by atoms with Crippen LogP contribution in [-0.2, 0) is 4.79 Å². The number of rotatable bonds is 9. The minimum atomic E-state index is -1.62. The molecule has 0 saturated heterocycles. The van der Waals surface area contributed by atoms with Gasteiger partial charge < -0.3 is 0 Å². The summed E-state index contributed by atoms with van der Waals surface area (Å²) in [4.78, 5) is 11.2. The van der Waals surface area contributed by atoms with E-state index in [0.717, 1.165) is 6.54 Å². The Kier molecular flexibility index (Phi) is 10.1. The van der Waals surface area contributed by atoms with Gasteiger partial charge >= 0.3 is 116 Å². The summed E-state index contributed by atoms with van der Waals surface area (Å²) in [6, 6.07) is 0. The zero-order valence-electron chi connectivity index (χ0n) is 12.3. The van der Waals surface area contributed by atoms with Crippen molar-refractivity contribution in [2.24, 2.45) is 0 Å². The van der Waals surface area contributed by atoms with Crippen LogP contribution in [0.1, 0.15) is 53.9 Å². The topological polar surface area (TPSA) is 20.3 Å². The third-order valence-corrected chi connectivity index (χ3v) is 14.5. The molecule has 0 aromatic rings. The summed E-state index contributed by atoms with van der Waals surface area (Å²) in [5.41, 5.74) is 1.22. The van der Waals surface area contributed by atoms with Crippen LogP contribution in [0.15, 0.2) is 11.8 Å². The molecule has 0 fully saturated rings. The van der Waals surface area contributed by atoms with Gasteiger partial charge in [0.2, 0.25) is 0 Å². The summed E-state index contributed by atoms with van der Waals surface area (Å²) in [6.45, 7) is 11.7. The Morgan fingerprint density at radius 1 is 1.06 bits per heavy atom. The van der Waals surface area contributed by atoms with Gasteiger partial charge in [-0.05, 0) is 0 Å². The fraction of sp³-hybridized carbons (Fsp3) is 0.786. The van der Waals surface area contributed by atoms with Gasteiger partial charge in [0.15, 0.2) is 0 Å². The number of carbonyl (C=O) groups is 1. The van der Waals surface area contributed by atoms with Gasteiger partial charge in [-0.25, -0.2) is 0 Å². The van der Waals surface area contributed by atoms with Crippen molar-refractivity contribution in [3.8, 4) is 0 Å². The Labute approximate surface area is 115 Å². The number of hydrogen-bond acceptors (Lipinski definition) is 2.